The molecule has 3 aromatic rings. The van der Waals surface area contributed by atoms with E-state index in [0.29, 0.717) is 52.9 Å². The van der Waals surface area contributed by atoms with Crippen LogP contribution in [0.3, 0.4) is 0 Å². The van der Waals surface area contributed by atoms with Gasteiger partial charge in [0.05, 0.1) is 31.4 Å². The first-order chi connectivity index (χ1) is 17.0. The Balaban J connectivity index is 1.43. The summed E-state index contributed by atoms with van der Waals surface area (Å²) in [6.07, 6.45) is 8.17. The number of hydrogen-bond donors (Lipinski definition) is 1. The molecule has 0 spiro atoms. The van der Waals surface area contributed by atoms with E-state index < -0.39 is 29.7 Å². The molecule has 0 radical (unpaired) electrons. The predicted octanol–water partition coefficient (Wildman–Crippen LogP) is 4.56. The molecule has 1 aromatic carbocycles. The second-order valence-corrected chi connectivity index (χ2v) is 9.52. The van der Waals surface area contributed by atoms with Gasteiger partial charge in [0.25, 0.3) is 5.91 Å². The van der Waals surface area contributed by atoms with E-state index >= 15 is 0 Å². The van der Waals surface area contributed by atoms with Crippen molar-refractivity contribution in [3.05, 3.63) is 64.9 Å². The van der Waals surface area contributed by atoms with Crippen molar-refractivity contribution in [2.75, 3.05) is 13.7 Å². The van der Waals surface area contributed by atoms with Gasteiger partial charge in [-0.2, -0.15) is 0 Å². The molecule has 184 valence electrons. The van der Waals surface area contributed by atoms with Gasteiger partial charge in [0.2, 0.25) is 0 Å². The van der Waals surface area contributed by atoms with Crippen LogP contribution < -0.4 is 10.1 Å². The van der Waals surface area contributed by atoms with E-state index in [-0.39, 0.29) is 0 Å². The molecule has 8 heteroatoms. The van der Waals surface area contributed by atoms with Gasteiger partial charge in [0, 0.05) is 11.8 Å². The largest absolute Gasteiger partial charge is 0.489 e. The molecule has 0 unspecified atom stereocenters. The summed E-state index contributed by atoms with van der Waals surface area (Å²) in [4.78, 5) is 30.6. The number of halogens is 1. The number of pyridine rings is 1. The number of carbonyl (C=O) groups is 2. The summed E-state index contributed by atoms with van der Waals surface area (Å²) in [6, 6.07) is 7.58. The van der Waals surface area contributed by atoms with Crippen molar-refractivity contribution in [3.8, 4) is 5.75 Å². The van der Waals surface area contributed by atoms with Crippen LogP contribution in [0.1, 0.15) is 65.5 Å². The molecule has 5 rings (SSSR count). The van der Waals surface area contributed by atoms with Gasteiger partial charge in [-0.15, -0.1) is 0 Å². The van der Waals surface area contributed by atoms with E-state index in [1.54, 1.807) is 29.7 Å². The normalized spacial score (nSPS) is 20.0. The second-order valence-electron chi connectivity index (χ2n) is 9.52. The van der Waals surface area contributed by atoms with Gasteiger partial charge in [-0.05, 0) is 55.9 Å². The van der Waals surface area contributed by atoms with E-state index in [1.165, 1.54) is 45.3 Å². The van der Waals surface area contributed by atoms with Crippen molar-refractivity contribution in [1.29, 1.82) is 0 Å². The molecule has 0 saturated heterocycles. The molecule has 2 heterocycles. The molecule has 7 nitrogen and oxygen atoms in total. The van der Waals surface area contributed by atoms with Gasteiger partial charge in [-0.3, -0.25) is 14.0 Å². The van der Waals surface area contributed by atoms with Crippen LogP contribution in [-0.4, -0.2) is 35.0 Å². The number of aryl methyl sites for hydroxylation is 1. The Bertz CT molecular complexity index is 1260. The van der Waals surface area contributed by atoms with Gasteiger partial charge in [-0.25, -0.2) is 9.37 Å². The highest BCUT2D eigenvalue weighted by Crippen LogP contribution is 2.39. The third-order valence-electron chi connectivity index (χ3n) is 7.29. The highest BCUT2D eigenvalue weighted by atomic mass is 19.1. The van der Waals surface area contributed by atoms with Crippen LogP contribution in [0, 0.1) is 24.6 Å². The summed E-state index contributed by atoms with van der Waals surface area (Å²) in [5.41, 5.74) is 2.45. The maximum absolute atomic E-state index is 14.8. The average molecular weight is 480 g/mol. The number of esters is 1. The Morgan fingerprint density at radius 2 is 1.97 bits per heavy atom. The maximum Gasteiger partial charge on any atom is 0.311 e. The van der Waals surface area contributed by atoms with Crippen molar-refractivity contribution < 1.29 is 23.5 Å². The van der Waals surface area contributed by atoms with Crippen molar-refractivity contribution in [2.45, 2.75) is 51.5 Å². The monoisotopic (exact) mass is 479 g/mol. The summed E-state index contributed by atoms with van der Waals surface area (Å²) < 4.78 is 27.5. The number of hydrogen-bond acceptors (Lipinski definition) is 5. The van der Waals surface area contributed by atoms with Gasteiger partial charge >= 0.3 is 5.97 Å². The van der Waals surface area contributed by atoms with E-state index in [1.807, 2.05) is 12.1 Å². The van der Waals surface area contributed by atoms with Crippen molar-refractivity contribution in [2.24, 2.45) is 11.8 Å². The first-order valence-corrected chi connectivity index (χ1v) is 12.2. The van der Waals surface area contributed by atoms with E-state index in [0.717, 1.165) is 0 Å². The minimum absolute atomic E-state index is 0.302. The number of nitrogens with zero attached hydrogens (tertiary/aromatic N) is 2. The summed E-state index contributed by atoms with van der Waals surface area (Å²) >= 11 is 0. The van der Waals surface area contributed by atoms with Crippen LogP contribution in [-0.2, 0) is 16.0 Å². The number of nitrogens with one attached hydrogen (secondary N) is 1. The topological polar surface area (TPSA) is 81.9 Å². The van der Waals surface area contributed by atoms with Crippen LogP contribution in [0.25, 0.3) is 5.65 Å². The zero-order chi connectivity index (χ0) is 24.5. The molecule has 1 amide bonds. The molecule has 2 aliphatic rings. The van der Waals surface area contributed by atoms with Crippen molar-refractivity contribution >= 4 is 17.5 Å². The van der Waals surface area contributed by atoms with E-state index in [4.69, 9.17) is 9.47 Å². The zero-order valence-electron chi connectivity index (χ0n) is 20.1. The van der Waals surface area contributed by atoms with Gasteiger partial charge < -0.3 is 14.8 Å². The van der Waals surface area contributed by atoms with E-state index in [9.17, 15) is 14.0 Å². The summed E-state index contributed by atoms with van der Waals surface area (Å²) in [6.45, 7) is 2.39. The Hall–Kier alpha value is -3.42. The molecule has 0 aliphatic heterocycles. The number of ether oxygens (including phenoxy) is 2. The fraction of sp³-hybridized carbons (Fsp3) is 0.444. The summed E-state index contributed by atoms with van der Waals surface area (Å²) in [5, 5.41) is 2.90. The van der Waals surface area contributed by atoms with Gasteiger partial charge in [-0.1, -0.05) is 31.4 Å². The smallest absolute Gasteiger partial charge is 0.311 e. The SMILES string of the molecule is COC(=O)[C@H]1Cc2cccc(F)c2[C@@H]1NC(=O)c1c(C)nc2c(OCC3CCCCC3)cccn12. The number of benzene rings is 1. The molecule has 2 aliphatic carbocycles. The average Bonchev–Trinajstić information content (AvgIpc) is 3.41. The molecule has 1 fully saturated rings. The highest BCUT2D eigenvalue weighted by molar-refractivity contribution is 5.95. The molecular formula is C27H30FN3O4. The van der Waals surface area contributed by atoms with Crippen LogP contribution in [0.4, 0.5) is 4.39 Å². The Kier molecular flexibility index (Phi) is 6.45. The lowest BCUT2D eigenvalue weighted by atomic mass is 9.90. The molecule has 35 heavy (non-hydrogen) atoms. The van der Waals surface area contributed by atoms with Crippen molar-refractivity contribution in [1.82, 2.24) is 14.7 Å². The number of fused-ring (bicyclic) bond motifs is 2. The molecular weight excluding hydrogens is 449 g/mol. The first kappa shape index (κ1) is 23.3. The number of rotatable bonds is 6. The maximum atomic E-state index is 14.8. The van der Waals surface area contributed by atoms with Gasteiger partial charge in [0.1, 0.15) is 11.5 Å². The lowest BCUT2D eigenvalue weighted by molar-refractivity contribution is -0.146. The Morgan fingerprint density at radius 1 is 1.17 bits per heavy atom. The lowest BCUT2D eigenvalue weighted by Gasteiger charge is -2.22. The Morgan fingerprint density at radius 3 is 2.74 bits per heavy atom. The van der Waals surface area contributed by atoms with Crippen LogP contribution >= 0.6 is 0 Å². The standard InChI is InChI=1S/C27H30FN3O4/c1-16-24(31-13-7-12-21(25(31)29-16)35-15-17-8-4-3-5-9-17)26(32)30-23-19(27(33)34-2)14-18-10-6-11-20(28)22(18)23/h6-7,10-13,17,19,23H,3-5,8-9,14-15H2,1-2H3,(H,30,32)/t19-,23+/m0/s1. The Labute approximate surface area is 203 Å². The molecule has 2 atom stereocenters. The lowest BCUT2D eigenvalue weighted by Crippen LogP contribution is -2.36. The predicted molar refractivity (Wildman–Crippen MR) is 128 cm³/mol. The third-order valence-corrected chi connectivity index (χ3v) is 7.29. The summed E-state index contributed by atoms with van der Waals surface area (Å²) in [7, 11) is 1.30. The molecule has 0 bridgehead atoms. The minimum Gasteiger partial charge on any atom is -0.489 e. The van der Waals surface area contributed by atoms with Crippen molar-refractivity contribution in [3.63, 3.8) is 0 Å². The summed E-state index contributed by atoms with van der Waals surface area (Å²) in [5.74, 6) is -0.911. The quantitative estimate of drug-likeness (QED) is 0.525. The minimum atomic E-state index is -0.832. The molecule has 2 aromatic heterocycles. The fourth-order valence-corrected chi connectivity index (χ4v) is 5.52. The van der Waals surface area contributed by atoms with Crippen LogP contribution in [0.5, 0.6) is 5.75 Å². The zero-order valence-corrected chi connectivity index (χ0v) is 20.1. The van der Waals surface area contributed by atoms with Gasteiger partial charge in [0.15, 0.2) is 11.4 Å². The number of amides is 1. The van der Waals surface area contributed by atoms with Crippen LogP contribution in [0.2, 0.25) is 0 Å². The number of aromatic nitrogens is 2. The highest BCUT2D eigenvalue weighted by Gasteiger charge is 2.41. The second kappa shape index (κ2) is 9.68. The van der Waals surface area contributed by atoms with Crippen LogP contribution in [0.15, 0.2) is 36.5 Å². The number of carbonyl (C=O) groups excluding carboxylic acids is 2. The van der Waals surface area contributed by atoms with E-state index in [2.05, 4.69) is 10.3 Å². The molecule has 1 saturated carbocycles. The number of imidazole rings is 1. The number of methoxy groups -OCH3 is 1. The molecule has 1 N–H and O–H groups in total. The fourth-order valence-electron chi connectivity index (χ4n) is 5.52. The third kappa shape index (κ3) is 4.37. The first-order valence-electron chi connectivity index (χ1n) is 12.2.